The van der Waals surface area contributed by atoms with Crippen LogP contribution in [0.3, 0.4) is 0 Å². The molecule has 0 spiro atoms. The lowest BCUT2D eigenvalue weighted by molar-refractivity contribution is -0.140. The molecule has 30 heavy (non-hydrogen) atoms. The van der Waals surface area contributed by atoms with Crippen molar-refractivity contribution in [2.75, 3.05) is 19.8 Å². The summed E-state index contributed by atoms with van der Waals surface area (Å²) in [6.07, 6.45) is 0.492. The van der Waals surface area contributed by atoms with Crippen molar-refractivity contribution in [3.63, 3.8) is 0 Å². The third kappa shape index (κ3) is 7.13. The Morgan fingerprint density at radius 1 is 0.833 bits per heavy atom. The molecule has 0 bridgehead atoms. The Morgan fingerprint density at radius 2 is 1.43 bits per heavy atom. The van der Waals surface area contributed by atoms with Gasteiger partial charge in [0.05, 0.1) is 6.61 Å². The predicted molar refractivity (Wildman–Crippen MR) is 114 cm³/mol. The summed E-state index contributed by atoms with van der Waals surface area (Å²) in [6.45, 7) is 10.8. The average Bonchev–Trinajstić information content (AvgIpc) is 2.71. The molecule has 0 aliphatic heterocycles. The lowest BCUT2D eigenvalue weighted by Gasteiger charge is -2.12. The molecular formula is C24H26O6. The van der Waals surface area contributed by atoms with Crippen LogP contribution >= 0.6 is 0 Å². The van der Waals surface area contributed by atoms with Crippen LogP contribution in [0, 0.1) is 0 Å². The van der Waals surface area contributed by atoms with Gasteiger partial charge in [-0.1, -0.05) is 31.4 Å². The van der Waals surface area contributed by atoms with E-state index in [0.29, 0.717) is 23.3 Å². The van der Waals surface area contributed by atoms with Crippen LogP contribution < -0.4 is 4.74 Å². The van der Waals surface area contributed by atoms with Crippen molar-refractivity contribution in [1.82, 2.24) is 0 Å². The maximum atomic E-state index is 11.6. The van der Waals surface area contributed by atoms with Crippen molar-refractivity contribution in [3.8, 4) is 22.6 Å². The van der Waals surface area contributed by atoms with Gasteiger partial charge < -0.3 is 19.3 Å². The molecule has 158 valence electrons. The Labute approximate surface area is 176 Å². The summed E-state index contributed by atoms with van der Waals surface area (Å²) in [4.78, 5) is 23.0. The highest BCUT2D eigenvalue weighted by molar-refractivity contribution is 5.87. The van der Waals surface area contributed by atoms with Gasteiger partial charge in [0, 0.05) is 17.6 Å². The molecule has 2 rings (SSSR count). The Morgan fingerprint density at radius 3 is 2.03 bits per heavy atom. The van der Waals surface area contributed by atoms with Gasteiger partial charge in [0.15, 0.2) is 0 Å². The van der Waals surface area contributed by atoms with E-state index in [9.17, 15) is 14.7 Å². The van der Waals surface area contributed by atoms with Crippen LogP contribution in [0.1, 0.15) is 19.4 Å². The van der Waals surface area contributed by atoms with E-state index in [1.807, 2.05) is 18.2 Å². The number of carbonyl (C=O) groups is 2. The molecule has 6 heteroatoms. The zero-order valence-electron chi connectivity index (χ0n) is 17.3. The number of esters is 2. The van der Waals surface area contributed by atoms with Crippen molar-refractivity contribution in [2.45, 2.75) is 20.3 Å². The second kappa shape index (κ2) is 10.9. The Kier molecular flexibility index (Phi) is 8.23. The molecule has 0 aliphatic rings. The number of benzene rings is 2. The van der Waals surface area contributed by atoms with Crippen molar-refractivity contribution >= 4 is 11.9 Å². The number of carbonyl (C=O) groups excluding carboxylic acids is 2. The number of ether oxygens (including phenoxy) is 3. The maximum absolute atomic E-state index is 11.6. The molecular weight excluding hydrogens is 384 g/mol. The largest absolute Gasteiger partial charge is 0.508 e. The number of rotatable bonds is 10. The van der Waals surface area contributed by atoms with Crippen LogP contribution in [0.2, 0.25) is 0 Å². The first-order valence-corrected chi connectivity index (χ1v) is 9.47. The van der Waals surface area contributed by atoms with E-state index in [4.69, 9.17) is 14.2 Å². The lowest BCUT2D eigenvalue weighted by Crippen LogP contribution is -2.12. The first-order valence-electron chi connectivity index (χ1n) is 9.47. The zero-order valence-corrected chi connectivity index (χ0v) is 17.3. The molecule has 1 N–H and O–H groups in total. The molecule has 0 aromatic heterocycles. The normalized spacial score (nSPS) is 10.2. The van der Waals surface area contributed by atoms with Gasteiger partial charge in [0.25, 0.3) is 0 Å². The van der Waals surface area contributed by atoms with Gasteiger partial charge in [0.1, 0.15) is 24.7 Å². The quantitative estimate of drug-likeness (QED) is 0.359. The van der Waals surface area contributed by atoms with Gasteiger partial charge >= 0.3 is 11.9 Å². The highest BCUT2D eigenvalue weighted by atomic mass is 16.6. The molecule has 6 nitrogen and oxygen atoms in total. The van der Waals surface area contributed by atoms with E-state index in [-0.39, 0.29) is 25.6 Å². The molecule has 0 radical (unpaired) electrons. The van der Waals surface area contributed by atoms with Gasteiger partial charge in [0.2, 0.25) is 0 Å². The van der Waals surface area contributed by atoms with E-state index in [1.165, 1.54) is 0 Å². The first kappa shape index (κ1) is 22.7. The lowest BCUT2D eigenvalue weighted by atomic mass is 10.0. The van der Waals surface area contributed by atoms with Crippen molar-refractivity contribution in [1.29, 1.82) is 0 Å². The van der Waals surface area contributed by atoms with Crippen LogP contribution in [0.25, 0.3) is 11.1 Å². The van der Waals surface area contributed by atoms with Gasteiger partial charge in [-0.15, -0.1) is 0 Å². The molecule has 0 heterocycles. The second-order valence-electron chi connectivity index (χ2n) is 6.84. The number of hydrogen-bond acceptors (Lipinski definition) is 6. The second-order valence-corrected chi connectivity index (χ2v) is 6.84. The van der Waals surface area contributed by atoms with Crippen LogP contribution in [-0.2, 0) is 25.5 Å². The zero-order chi connectivity index (χ0) is 22.1. The molecule has 2 aromatic carbocycles. The van der Waals surface area contributed by atoms with Gasteiger partial charge in [-0.3, -0.25) is 0 Å². The molecule has 2 aromatic rings. The summed E-state index contributed by atoms with van der Waals surface area (Å²) in [5.74, 6) is -0.123. The van der Waals surface area contributed by atoms with Gasteiger partial charge in [-0.25, -0.2) is 9.59 Å². The third-order valence-corrected chi connectivity index (χ3v) is 4.07. The SMILES string of the molecule is C=C(C)C(=O)OCCOc1cc(CCOC(=O)C(=C)C)cc(-c2ccc(O)cc2)c1. The van der Waals surface area contributed by atoms with E-state index in [0.717, 1.165) is 16.7 Å². The number of phenols is 1. The fraction of sp³-hybridized carbons (Fsp3) is 0.250. The molecule has 0 atom stereocenters. The maximum Gasteiger partial charge on any atom is 0.333 e. The van der Waals surface area contributed by atoms with Crippen LogP contribution in [0.15, 0.2) is 66.8 Å². The smallest absolute Gasteiger partial charge is 0.333 e. The fourth-order valence-corrected chi connectivity index (χ4v) is 2.51. The summed E-state index contributed by atoms with van der Waals surface area (Å²) in [5.41, 5.74) is 3.36. The summed E-state index contributed by atoms with van der Waals surface area (Å²) >= 11 is 0. The third-order valence-electron chi connectivity index (χ3n) is 4.07. The molecule has 0 fully saturated rings. The van der Waals surface area contributed by atoms with Crippen molar-refractivity contribution in [2.24, 2.45) is 0 Å². The van der Waals surface area contributed by atoms with Crippen LogP contribution in [0.5, 0.6) is 11.5 Å². The summed E-state index contributed by atoms with van der Waals surface area (Å²) in [6, 6.07) is 12.5. The molecule has 0 saturated carbocycles. The standard InChI is InChI=1S/C24H26O6/c1-16(2)23(26)29-10-9-18-13-20(19-5-7-21(25)8-6-19)15-22(14-18)28-11-12-30-24(27)17(3)4/h5-8,13-15,25H,1,3,9-12H2,2,4H3. The number of phenolic OH excluding ortho intramolecular Hbond substituents is 1. The fourth-order valence-electron chi connectivity index (χ4n) is 2.51. The first-order chi connectivity index (χ1) is 14.3. The van der Waals surface area contributed by atoms with Crippen molar-refractivity contribution in [3.05, 3.63) is 72.3 Å². The van der Waals surface area contributed by atoms with Crippen LogP contribution in [0.4, 0.5) is 0 Å². The monoisotopic (exact) mass is 410 g/mol. The van der Waals surface area contributed by atoms with Gasteiger partial charge in [-0.2, -0.15) is 0 Å². The number of aromatic hydroxyl groups is 1. The van der Waals surface area contributed by atoms with E-state index in [2.05, 4.69) is 13.2 Å². The molecule has 0 unspecified atom stereocenters. The Bertz CT molecular complexity index is 927. The van der Waals surface area contributed by atoms with Gasteiger partial charge in [-0.05, 0) is 54.8 Å². The highest BCUT2D eigenvalue weighted by Crippen LogP contribution is 2.28. The van der Waals surface area contributed by atoms with E-state index < -0.39 is 11.9 Å². The Balaban J connectivity index is 2.12. The van der Waals surface area contributed by atoms with Crippen LogP contribution in [-0.4, -0.2) is 36.9 Å². The highest BCUT2D eigenvalue weighted by Gasteiger charge is 2.08. The molecule has 0 amide bonds. The molecule has 0 aliphatic carbocycles. The molecule has 0 saturated heterocycles. The summed E-state index contributed by atoms with van der Waals surface area (Å²) < 4.78 is 16.0. The van der Waals surface area contributed by atoms with E-state index >= 15 is 0 Å². The predicted octanol–water partition coefficient (Wildman–Crippen LogP) is 4.22. The van der Waals surface area contributed by atoms with Crippen molar-refractivity contribution < 1.29 is 28.9 Å². The minimum absolute atomic E-state index is 0.0979. The number of hydrogen-bond donors (Lipinski definition) is 1. The minimum atomic E-state index is -0.462. The van der Waals surface area contributed by atoms with E-state index in [1.54, 1.807) is 38.1 Å². The summed E-state index contributed by atoms with van der Waals surface area (Å²) in [5, 5.41) is 9.52. The Hall–Kier alpha value is -3.54. The topological polar surface area (TPSA) is 82.1 Å². The minimum Gasteiger partial charge on any atom is -0.508 e. The summed E-state index contributed by atoms with van der Waals surface area (Å²) in [7, 11) is 0. The average molecular weight is 410 g/mol.